The molecule has 0 unspecified atom stereocenters. The summed E-state index contributed by atoms with van der Waals surface area (Å²) >= 11 is 0. The number of nitrogens with zero attached hydrogens (tertiary/aromatic N) is 2. The van der Waals surface area contributed by atoms with Crippen LogP contribution in [0.5, 0.6) is 0 Å². The fraction of sp³-hybridized carbons (Fsp3) is 0.438. The van der Waals surface area contributed by atoms with Crippen molar-refractivity contribution < 1.29 is 0 Å². The number of hydrogen-bond donors (Lipinski definition) is 0. The topological polar surface area (TPSA) is 17.8 Å². The minimum absolute atomic E-state index is 1.04. The standard InChI is InChI=1S/C16H22N2/c1-3-5-11-15-16(14-9-7-6-8-10-14)18(12-4-2)13-17-15/h6-10,13H,3-5,11-12H2,1-2H3. The van der Waals surface area contributed by atoms with Crippen molar-refractivity contribution in [2.24, 2.45) is 0 Å². The Hall–Kier alpha value is -1.57. The summed E-state index contributed by atoms with van der Waals surface area (Å²) in [6.45, 7) is 5.48. The molecule has 1 heterocycles. The Morgan fingerprint density at radius 1 is 1.06 bits per heavy atom. The molecule has 2 heteroatoms. The van der Waals surface area contributed by atoms with Gasteiger partial charge in [0.15, 0.2) is 0 Å². The molecule has 0 aliphatic carbocycles. The summed E-state index contributed by atoms with van der Waals surface area (Å²) in [6, 6.07) is 10.6. The third kappa shape index (κ3) is 2.81. The highest BCUT2D eigenvalue weighted by Crippen LogP contribution is 2.24. The molecule has 2 aromatic rings. The molecule has 1 aromatic heterocycles. The van der Waals surface area contributed by atoms with Crippen LogP contribution in [0, 0.1) is 0 Å². The van der Waals surface area contributed by atoms with E-state index in [2.05, 4.69) is 53.7 Å². The molecule has 18 heavy (non-hydrogen) atoms. The molecule has 0 N–H and O–H groups in total. The van der Waals surface area contributed by atoms with Gasteiger partial charge in [0.25, 0.3) is 0 Å². The first-order chi connectivity index (χ1) is 8.86. The molecule has 0 radical (unpaired) electrons. The van der Waals surface area contributed by atoms with E-state index < -0.39 is 0 Å². The van der Waals surface area contributed by atoms with Crippen LogP contribution >= 0.6 is 0 Å². The van der Waals surface area contributed by atoms with Crippen LogP contribution in [0.15, 0.2) is 36.7 Å². The Bertz CT molecular complexity index is 471. The second-order valence-electron chi connectivity index (χ2n) is 4.70. The summed E-state index contributed by atoms with van der Waals surface area (Å²) < 4.78 is 2.29. The third-order valence-electron chi connectivity index (χ3n) is 3.19. The van der Waals surface area contributed by atoms with E-state index in [0.717, 1.165) is 19.4 Å². The SMILES string of the molecule is CCCCc1ncn(CCC)c1-c1ccccc1. The van der Waals surface area contributed by atoms with Gasteiger partial charge in [-0.1, -0.05) is 50.6 Å². The number of hydrogen-bond acceptors (Lipinski definition) is 1. The Labute approximate surface area is 110 Å². The van der Waals surface area contributed by atoms with Gasteiger partial charge < -0.3 is 4.57 Å². The van der Waals surface area contributed by atoms with Crippen molar-refractivity contribution in [2.45, 2.75) is 46.1 Å². The quantitative estimate of drug-likeness (QED) is 0.738. The van der Waals surface area contributed by atoms with E-state index in [1.54, 1.807) is 0 Å². The molecule has 0 amide bonds. The molecule has 2 nitrogen and oxygen atoms in total. The van der Waals surface area contributed by atoms with Crippen LogP contribution in [-0.4, -0.2) is 9.55 Å². The maximum absolute atomic E-state index is 4.61. The molecule has 1 aromatic carbocycles. The van der Waals surface area contributed by atoms with Crippen LogP contribution in [0.25, 0.3) is 11.3 Å². The fourth-order valence-corrected chi connectivity index (χ4v) is 2.29. The van der Waals surface area contributed by atoms with Gasteiger partial charge >= 0.3 is 0 Å². The van der Waals surface area contributed by atoms with E-state index in [-0.39, 0.29) is 0 Å². The number of aromatic nitrogens is 2. The number of aryl methyl sites for hydroxylation is 2. The summed E-state index contributed by atoms with van der Waals surface area (Å²) in [5.74, 6) is 0. The molecule has 0 bridgehead atoms. The van der Waals surface area contributed by atoms with Gasteiger partial charge in [0.1, 0.15) is 0 Å². The van der Waals surface area contributed by atoms with Crippen molar-refractivity contribution in [2.75, 3.05) is 0 Å². The molecular weight excluding hydrogens is 220 g/mol. The van der Waals surface area contributed by atoms with Crippen molar-refractivity contribution in [1.82, 2.24) is 9.55 Å². The number of rotatable bonds is 6. The molecule has 96 valence electrons. The van der Waals surface area contributed by atoms with Gasteiger partial charge in [-0.15, -0.1) is 0 Å². The van der Waals surface area contributed by atoms with Gasteiger partial charge in [-0.2, -0.15) is 0 Å². The monoisotopic (exact) mass is 242 g/mol. The average Bonchev–Trinajstić information content (AvgIpc) is 2.81. The third-order valence-corrected chi connectivity index (χ3v) is 3.19. The van der Waals surface area contributed by atoms with Crippen molar-refractivity contribution >= 4 is 0 Å². The number of unbranched alkanes of at least 4 members (excludes halogenated alkanes) is 1. The molecule has 0 saturated carbocycles. The molecule has 0 spiro atoms. The molecule has 0 aliphatic rings. The van der Waals surface area contributed by atoms with E-state index in [1.807, 2.05) is 6.33 Å². The summed E-state index contributed by atoms with van der Waals surface area (Å²) in [6.07, 6.45) is 6.65. The Balaban J connectivity index is 2.37. The second kappa shape index (κ2) is 6.39. The number of benzene rings is 1. The highest BCUT2D eigenvalue weighted by atomic mass is 15.1. The predicted octanol–water partition coefficient (Wildman–Crippen LogP) is 4.30. The van der Waals surface area contributed by atoms with Crippen LogP contribution < -0.4 is 0 Å². The van der Waals surface area contributed by atoms with Gasteiger partial charge in [-0.05, 0) is 19.3 Å². The minimum Gasteiger partial charge on any atom is -0.330 e. The zero-order valence-corrected chi connectivity index (χ0v) is 11.4. The normalized spacial score (nSPS) is 10.8. The van der Waals surface area contributed by atoms with Crippen molar-refractivity contribution in [3.05, 3.63) is 42.4 Å². The van der Waals surface area contributed by atoms with E-state index >= 15 is 0 Å². The average molecular weight is 242 g/mol. The summed E-state index contributed by atoms with van der Waals surface area (Å²) in [5, 5.41) is 0. The maximum Gasteiger partial charge on any atom is 0.0954 e. The van der Waals surface area contributed by atoms with Gasteiger partial charge in [0.2, 0.25) is 0 Å². The molecule has 0 atom stereocenters. The van der Waals surface area contributed by atoms with Crippen LogP contribution in [0.3, 0.4) is 0 Å². The van der Waals surface area contributed by atoms with Crippen molar-refractivity contribution in [1.29, 1.82) is 0 Å². The Morgan fingerprint density at radius 2 is 1.83 bits per heavy atom. The number of imidazole rings is 1. The van der Waals surface area contributed by atoms with Gasteiger partial charge in [0.05, 0.1) is 17.7 Å². The first kappa shape index (κ1) is 12.9. The van der Waals surface area contributed by atoms with Gasteiger partial charge in [-0.25, -0.2) is 4.98 Å². The molecule has 2 rings (SSSR count). The molecule has 0 aliphatic heterocycles. The Morgan fingerprint density at radius 3 is 2.50 bits per heavy atom. The van der Waals surface area contributed by atoms with Crippen LogP contribution in [0.4, 0.5) is 0 Å². The maximum atomic E-state index is 4.61. The lowest BCUT2D eigenvalue weighted by atomic mass is 10.1. The molecular formula is C16H22N2. The summed E-state index contributed by atoms with van der Waals surface area (Å²) in [5.41, 5.74) is 3.84. The lowest BCUT2D eigenvalue weighted by molar-refractivity contribution is 0.683. The van der Waals surface area contributed by atoms with E-state index in [1.165, 1.54) is 29.8 Å². The van der Waals surface area contributed by atoms with Crippen molar-refractivity contribution in [3.8, 4) is 11.3 Å². The van der Waals surface area contributed by atoms with E-state index in [4.69, 9.17) is 0 Å². The van der Waals surface area contributed by atoms with Crippen molar-refractivity contribution in [3.63, 3.8) is 0 Å². The largest absolute Gasteiger partial charge is 0.330 e. The summed E-state index contributed by atoms with van der Waals surface area (Å²) in [4.78, 5) is 4.61. The lowest BCUT2D eigenvalue weighted by Crippen LogP contribution is -1.99. The zero-order valence-electron chi connectivity index (χ0n) is 11.4. The summed E-state index contributed by atoms with van der Waals surface area (Å²) in [7, 11) is 0. The predicted molar refractivity (Wildman–Crippen MR) is 76.6 cm³/mol. The van der Waals surface area contributed by atoms with Crippen LogP contribution in [0.2, 0.25) is 0 Å². The zero-order chi connectivity index (χ0) is 12.8. The fourth-order valence-electron chi connectivity index (χ4n) is 2.29. The molecule has 0 fully saturated rings. The molecule has 0 saturated heterocycles. The first-order valence-corrected chi connectivity index (χ1v) is 6.96. The van der Waals surface area contributed by atoms with Crippen LogP contribution in [-0.2, 0) is 13.0 Å². The minimum atomic E-state index is 1.04. The van der Waals surface area contributed by atoms with E-state index in [9.17, 15) is 0 Å². The van der Waals surface area contributed by atoms with Gasteiger partial charge in [0, 0.05) is 12.1 Å². The van der Waals surface area contributed by atoms with Gasteiger partial charge in [-0.3, -0.25) is 0 Å². The lowest BCUT2D eigenvalue weighted by Gasteiger charge is -2.09. The van der Waals surface area contributed by atoms with Crippen LogP contribution in [0.1, 0.15) is 38.8 Å². The highest BCUT2D eigenvalue weighted by molar-refractivity contribution is 5.62. The second-order valence-corrected chi connectivity index (χ2v) is 4.70. The smallest absolute Gasteiger partial charge is 0.0954 e. The Kier molecular flexibility index (Phi) is 4.57. The van der Waals surface area contributed by atoms with E-state index in [0.29, 0.717) is 0 Å². The first-order valence-electron chi connectivity index (χ1n) is 6.96. The highest BCUT2D eigenvalue weighted by Gasteiger charge is 2.11.